The Morgan fingerprint density at radius 1 is 1.36 bits per heavy atom. The molecule has 2 rings (SSSR count). The smallest absolute Gasteiger partial charge is 0.134 e. The Labute approximate surface area is 83.2 Å². The molecule has 0 radical (unpaired) electrons. The van der Waals surface area contributed by atoms with Crippen molar-refractivity contribution in [2.24, 2.45) is 0 Å². The van der Waals surface area contributed by atoms with Crippen molar-refractivity contribution in [3.8, 4) is 0 Å². The summed E-state index contributed by atoms with van der Waals surface area (Å²) in [5.74, 6) is 0.890. The first-order valence-corrected chi connectivity index (χ1v) is 4.83. The van der Waals surface area contributed by atoms with Gasteiger partial charge in [0.1, 0.15) is 11.3 Å². The van der Waals surface area contributed by atoms with Gasteiger partial charge in [-0.15, -0.1) is 0 Å². The minimum absolute atomic E-state index is 0.353. The molecule has 1 aromatic carbocycles. The summed E-state index contributed by atoms with van der Waals surface area (Å²) in [7, 11) is 0. The lowest BCUT2D eigenvalue weighted by Gasteiger charge is -2.00. The number of para-hydroxylation sites is 1. The molecule has 1 atom stereocenters. The lowest BCUT2D eigenvalue weighted by Crippen LogP contribution is -2.03. The van der Waals surface area contributed by atoms with Crippen molar-refractivity contribution < 1.29 is 9.52 Å². The number of hydrogen-bond donors (Lipinski definition) is 1. The normalized spacial score (nSPS) is 13.4. The molecule has 1 N–H and O–H groups in total. The van der Waals surface area contributed by atoms with E-state index in [-0.39, 0.29) is 6.10 Å². The van der Waals surface area contributed by atoms with Crippen LogP contribution >= 0.6 is 0 Å². The van der Waals surface area contributed by atoms with E-state index < -0.39 is 0 Å². The first-order chi connectivity index (χ1) is 6.68. The molecule has 0 saturated carbocycles. The van der Waals surface area contributed by atoms with Crippen LogP contribution in [0, 0.1) is 6.92 Å². The van der Waals surface area contributed by atoms with Gasteiger partial charge in [0, 0.05) is 11.8 Å². The van der Waals surface area contributed by atoms with Gasteiger partial charge in [0.15, 0.2) is 0 Å². The minimum Gasteiger partial charge on any atom is -0.461 e. The van der Waals surface area contributed by atoms with Crippen LogP contribution < -0.4 is 0 Å². The van der Waals surface area contributed by atoms with Crippen molar-refractivity contribution in [3.05, 3.63) is 35.6 Å². The van der Waals surface area contributed by atoms with E-state index in [2.05, 4.69) is 0 Å². The molecule has 2 heteroatoms. The van der Waals surface area contributed by atoms with E-state index in [1.54, 1.807) is 6.92 Å². The predicted molar refractivity (Wildman–Crippen MR) is 56.3 cm³/mol. The van der Waals surface area contributed by atoms with Crippen LogP contribution in [-0.4, -0.2) is 11.2 Å². The number of hydrogen-bond acceptors (Lipinski definition) is 2. The van der Waals surface area contributed by atoms with E-state index in [1.165, 1.54) is 0 Å². The second kappa shape index (κ2) is 3.46. The van der Waals surface area contributed by atoms with E-state index in [0.717, 1.165) is 22.3 Å². The number of aryl methyl sites for hydroxylation is 1. The van der Waals surface area contributed by atoms with Gasteiger partial charge in [-0.25, -0.2) is 0 Å². The highest BCUT2D eigenvalue weighted by atomic mass is 16.3. The number of furan rings is 1. The third kappa shape index (κ3) is 1.53. The van der Waals surface area contributed by atoms with Gasteiger partial charge in [-0.2, -0.15) is 0 Å². The van der Waals surface area contributed by atoms with Crippen molar-refractivity contribution in [2.45, 2.75) is 26.4 Å². The van der Waals surface area contributed by atoms with Crippen LogP contribution in [0.2, 0.25) is 0 Å². The lowest BCUT2D eigenvalue weighted by molar-refractivity contribution is 0.188. The maximum atomic E-state index is 9.30. The zero-order chi connectivity index (χ0) is 10.1. The molecular weight excluding hydrogens is 176 g/mol. The summed E-state index contributed by atoms with van der Waals surface area (Å²) >= 11 is 0. The standard InChI is InChI=1S/C12H14O2/c1-8(13)7-12-9(2)10-5-3-4-6-11(10)14-12/h3-6,8,13H,7H2,1-2H3. The van der Waals surface area contributed by atoms with Gasteiger partial charge in [-0.3, -0.25) is 0 Å². The monoisotopic (exact) mass is 190 g/mol. The molecule has 0 aliphatic carbocycles. The summed E-state index contributed by atoms with van der Waals surface area (Å²) in [6.45, 7) is 3.80. The molecule has 0 spiro atoms. The fraction of sp³-hybridized carbons (Fsp3) is 0.333. The van der Waals surface area contributed by atoms with E-state index in [9.17, 15) is 5.11 Å². The number of rotatable bonds is 2. The lowest BCUT2D eigenvalue weighted by atomic mass is 10.1. The molecule has 0 aliphatic heterocycles. The van der Waals surface area contributed by atoms with E-state index >= 15 is 0 Å². The molecule has 0 amide bonds. The van der Waals surface area contributed by atoms with Crippen LogP contribution in [0.1, 0.15) is 18.2 Å². The Kier molecular flexibility index (Phi) is 2.30. The Bertz CT molecular complexity index is 441. The Morgan fingerprint density at radius 3 is 2.71 bits per heavy atom. The molecule has 14 heavy (non-hydrogen) atoms. The summed E-state index contributed by atoms with van der Waals surface area (Å²) in [5.41, 5.74) is 2.04. The molecule has 74 valence electrons. The number of aliphatic hydroxyl groups excluding tert-OH is 1. The van der Waals surface area contributed by atoms with Crippen molar-refractivity contribution in [3.63, 3.8) is 0 Å². The zero-order valence-corrected chi connectivity index (χ0v) is 8.45. The first kappa shape index (κ1) is 9.28. The molecule has 1 unspecified atom stereocenters. The number of benzene rings is 1. The number of aliphatic hydroxyl groups is 1. The van der Waals surface area contributed by atoms with E-state index in [4.69, 9.17) is 4.42 Å². The fourth-order valence-electron chi connectivity index (χ4n) is 1.69. The van der Waals surface area contributed by atoms with Crippen LogP contribution in [-0.2, 0) is 6.42 Å². The second-order valence-electron chi connectivity index (χ2n) is 3.70. The van der Waals surface area contributed by atoms with Crippen LogP contribution in [0.3, 0.4) is 0 Å². The first-order valence-electron chi connectivity index (χ1n) is 4.83. The maximum Gasteiger partial charge on any atom is 0.134 e. The SMILES string of the molecule is Cc1c(CC(C)O)oc2ccccc12. The quantitative estimate of drug-likeness (QED) is 0.789. The van der Waals surface area contributed by atoms with Gasteiger partial charge in [-0.05, 0) is 25.5 Å². The van der Waals surface area contributed by atoms with Crippen LogP contribution in [0.25, 0.3) is 11.0 Å². The second-order valence-corrected chi connectivity index (χ2v) is 3.70. The molecule has 0 aliphatic rings. The molecular formula is C12H14O2. The van der Waals surface area contributed by atoms with Gasteiger partial charge >= 0.3 is 0 Å². The summed E-state index contributed by atoms with van der Waals surface area (Å²) in [5, 5.41) is 10.4. The van der Waals surface area contributed by atoms with Crippen molar-refractivity contribution >= 4 is 11.0 Å². The van der Waals surface area contributed by atoms with E-state index in [1.807, 2.05) is 31.2 Å². The molecule has 2 nitrogen and oxygen atoms in total. The van der Waals surface area contributed by atoms with Gasteiger partial charge in [0.25, 0.3) is 0 Å². The molecule has 1 aromatic heterocycles. The van der Waals surface area contributed by atoms with Crippen LogP contribution in [0.5, 0.6) is 0 Å². The van der Waals surface area contributed by atoms with Gasteiger partial charge in [-0.1, -0.05) is 18.2 Å². The maximum absolute atomic E-state index is 9.30. The van der Waals surface area contributed by atoms with E-state index in [0.29, 0.717) is 6.42 Å². The third-order valence-electron chi connectivity index (χ3n) is 2.42. The molecule has 0 saturated heterocycles. The third-order valence-corrected chi connectivity index (χ3v) is 2.42. The average molecular weight is 190 g/mol. The Balaban J connectivity index is 2.51. The van der Waals surface area contributed by atoms with Crippen molar-refractivity contribution in [1.29, 1.82) is 0 Å². The zero-order valence-electron chi connectivity index (χ0n) is 8.45. The summed E-state index contributed by atoms with van der Waals surface area (Å²) < 4.78 is 5.65. The predicted octanol–water partition coefficient (Wildman–Crippen LogP) is 2.66. The molecule has 0 bridgehead atoms. The fourth-order valence-corrected chi connectivity index (χ4v) is 1.69. The Hall–Kier alpha value is -1.28. The average Bonchev–Trinajstić information content (AvgIpc) is 2.44. The summed E-state index contributed by atoms with van der Waals surface area (Å²) in [6.07, 6.45) is 0.231. The van der Waals surface area contributed by atoms with Gasteiger partial charge in [0.2, 0.25) is 0 Å². The highest BCUT2D eigenvalue weighted by Gasteiger charge is 2.11. The van der Waals surface area contributed by atoms with Crippen molar-refractivity contribution in [2.75, 3.05) is 0 Å². The summed E-state index contributed by atoms with van der Waals surface area (Å²) in [6, 6.07) is 7.95. The molecule has 0 fully saturated rings. The largest absolute Gasteiger partial charge is 0.461 e. The topological polar surface area (TPSA) is 33.4 Å². The minimum atomic E-state index is -0.353. The highest BCUT2D eigenvalue weighted by molar-refractivity contribution is 5.81. The summed E-state index contributed by atoms with van der Waals surface area (Å²) in [4.78, 5) is 0. The Morgan fingerprint density at radius 2 is 2.07 bits per heavy atom. The number of fused-ring (bicyclic) bond motifs is 1. The molecule has 1 heterocycles. The van der Waals surface area contributed by atoms with Crippen LogP contribution in [0.4, 0.5) is 0 Å². The van der Waals surface area contributed by atoms with Crippen LogP contribution in [0.15, 0.2) is 28.7 Å². The van der Waals surface area contributed by atoms with Gasteiger partial charge < -0.3 is 9.52 Å². The van der Waals surface area contributed by atoms with Crippen molar-refractivity contribution in [1.82, 2.24) is 0 Å². The van der Waals surface area contributed by atoms with Gasteiger partial charge in [0.05, 0.1) is 6.10 Å². The molecule has 2 aromatic rings. The highest BCUT2D eigenvalue weighted by Crippen LogP contribution is 2.25.